The molecule has 0 radical (unpaired) electrons. The number of nitrogens with zero attached hydrogens (tertiary/aromatic N) is 3. The topological polar surface area (TPSA) is 50.2 Å². The number of hydrogen-bond acceptors (Lipinski definition) is 3. The van der Waals surface area contributed by atoms with E-state index in [2.05, 4.69) is 10.4 Å². The highest BCUT2D eigenvalue weighted by Crippen LogP contribution is 2.10. The van der Waals surface area contributed by atoms with Crippen LogP contribution in [0.2, 0.25) is 0 Å². The lowest BCUT2D eigenvalue weighted by Crippen LogP contribution is -2.46. The number of piperidine rings is 1. The van der Waals surface area contributed by atoms with Crippen LogP contribution in [0.15, 0.2) is 12.3 Å². The quantitative estimate of drug-likeness (QED) is 0.864. The van der Waals surface area contributed by atoms with Crippen LogP contribution >= 0.6 is 0 Å². The number of amides is 1. The third-order valence-electron chi connectivity index (χ3n) is 3.55. The number of nitrogens with one attached hydrogen (secondary N) is 1. The molecule has 5 nitrogen and oxygen atoms in total. The van der Waals surface area contributed by atoms with Gasteiger partial charge in [-0.3, -0.25) is 9.48 Å². The van der Waals surface area contributed by atoms with E-state index in [0.29, 0.717) is 6.54 Å². The number of rotatable bonds is 4. The van der Waals surface area contributed by atoms with Gasteiger partial charge in [0.25, 0.3) is 0 Å². The van der Waals surface area contributed by atoms with Gasteiger partial charge in [-0.2, -0.15) is 5.10 Å². The van der Waals surface area contributed by atoms with Crippen molar-refractivity contribution in [3.05, 3.63) is 18.0 Å². The third-order valence-corrected chi connectivity index (χ3v) is 3.55. The van der Waals surface area contributed by atoms with Crippen molar-refractivity contribution in [1.82, 2.24) is 20.0 Å². The van der Waals surface area contributed by atoms with E-state index in [4.69, 9.17) is 0 Å². The first kappa shape index (κ1) is 13.1. The molecule has 1 aromatic rings. The summed E-state index contributed by atoms with van der Waals surface area (Å²) in [5, 5.41) is 7.38. The molecule has 5 heteroatoms. The van der Waals surface area contributed by atoms with E-state index in [1.54, 1.807) is 6.20 Å². The van der Waals surface area contributed by atoms with Crippen LogP contribution in [0.25, 0.3) is 0 Å². The Balaban J connectivity index is 1.82. The highest BCUT2D eigenvalue weighted by molar-refractivity contribution is 5.81. The molecule has 0 saturated carbocycles. The van der Waals surface area contributed by atoms with Crippen LogP contribution in [0.1, 0.15) is 31.9 Å². The van der Waals surface area contributed by atoms with Gasteiger partial charge >= 0.3 is 0 Å². The fourth-order valence-corrected chi connectivity index (χ4v) is 2.31. The average molecular weight is 250 g/mol. The Hall–Kier alpha value is -1.36. The van der Waals surface area contributed by atoms with Gasteiger partial charge < -0.3 is 10.2 Å². The zero-order valence-corrected chi connectivity index (χ0v) is 11.2. The van der Waals surface area contributed by atoms with Gasteiger partial charge in [0.05, 0.1) is 11.7 Å². The molecule has 1 aliphatic heterocycles. The molecule has 1 fully saturated rings. The second-order valence-corrected chi connectivity index (χ2v) is 4.93. The predicted octanol–water partition coefficient (Wildman–Crippen LogP) is 0.911. The average Bonchev–Trinajstić information content (AvgIpc) is 2.81. The Morgan fingerprint density at radius 1 is 1.44 bits per heavy atom. The Morgan fingerprint density at radius 3 is 2.78 bits per heavy atom. The molecule has 1 atom stereocenters. The van der Waals surface area contributed by atoms with Crippen molar-refractivity contribution in [2.75, 3.05) is 13.1 Å². The van der Waals surface area contributed by atoms with E-state index in [-0.39, 0.29) is 11.9 Å². The molecule has 1 aromatic heterocycles. The molecule has 18 heavy (non-hydrogen) atoms. The first-order valence-electron chi connectivity index (χ1n) is 6.67. The van der Waals surface area contributed by atoms with E-state index < -0.39 is 0 Å². The van der Waals surface area contributed by atoms with E-state index in [1.807, 2.05) is 29.6 Å². The smallest absolute Gasteiger partial charge is 0.239 e. The number of carbonyl (C=O) groups excluding carboxylic acids is 1. The summed E-state index contributed by atoms with van der Waals surface area (Å²) >= 11 is 0. The maximum atomic E-state index is 12.2. The Kier molecular flexibility index (Phi) is 4.36. The van der Waals surface area contributed by atoms with Gasteiger partial charge in [0, 0.05) is 32.9 Å². The summed E-state index contributed by atoms with van der Waals surface area (Å²) in [4.78, 5) is 14.2. The van der Waals surface area contributed by atoms with Gasteiger partial charge in [0.1, 0.15) is 0 Å². The minimum atomic E-state index is -0.127. The van der Waals surface area contributed by atoms with Crippen LogP contribution < -0.4 is 5.32 Å². The van der Waals surface area contributed by atoms with E-state index in [9.17, 15) is 4.79 Å². The summed E-state index contributed by atoms with van der Waals surface area (Å²) in [7, 11) is 1.91. The summed E-state index contributed by atoms with van der Waals surface area (Å²) in [6.07, 6.45) is 5.30. The standard InChI is InChI=1S/C13H22N4O/c1-11(13(18)17-8-4-3-5-9-17)14-10-12-6-7-15-16(12)2/h6-7,11,14H,3-5,8-10H2,1-2H3. The molecular formula is C13H22N4O. The fraction of sp³-hybridized carbons (Fsp3) is 0.692. The minimum Gasteiger partial charge on any atom is -0.341 e. The Morgan fingerprint density at radius 2 is 2.17 bits per heavy atom. The van der Waals surface area contributed by atoms with Gasteiger partial charge in [-0.25, -0.2) is 0 Å². The number of likely N-dealkylation sites (tertiary alicyclic amines) is 1. The maximum Gasteiger partial charge on any atom is 0.239 e. The van der Waals surface area contributed by atoms with Gasteiger partial charge in [-0.1, -0.05) is 0 Å². The maximum absolute atomic E-state index is 12.2. The number of carbonyl (C=O) groups is 1. The molecule has 1 amide bonds. The molecule has 1 saturated heterocycles. The van der Waals surface area contributed by atoms with Gasteiger partial charge in [-0.15, -0.1) is 0 Å². The second kappa shape index (κ2) is 6.00. The molecule has 2 heterocycles. The third kappa shape index (κ3) is 3.10. The fourth-order valence-electron chi connectivity index (χ4n) is 2.31. The van der Waals surface area contributed by atoms with Crippen molar-refractivity contribution < 1.29 is 4.79 Å². The van der Waals surface area contributed by atoms with Gasteiger partial charge in [-0.05, 0) is 32.3 Å². The van der Waals surface area contributed by atoms with Gasteiger partial charge in [0.15, 0.2) is 0 Å². The summed E-state index contributed by atoms with van der Waals surface area (Å²) in [5.74, 6) is 0.219. The van der Waals surface area contributed by atoms with Crippen LogP contribution in [0.3, 0.4) is 0 Å². The van der Waals surface area contributed by atoms with E-state index in [1.165, 1.54) is 6.42 Å². The van der Waals surface area contributed by atoms with E-state index in [0.717, 1.165) is 31.6 Å². The SMILES string of the molecule is CC(NCc1ccnn1C)C(=O)N1CCCCC1. The molecule has 1 aliphatic rings. The van der Waals surface area contributed by atoms with Crippen molar-refractivity contribution >= 4 is 5.91 Å². The van der Waals surface area contributed by atoms with Crippen LogP contribution in [-0.4, -0.2) is 39.7 Å². The molecule has 100 valence electrons. The summed E-state index contributed by atoms with van der Waals surface area (Å²) in [6, 6.07) is 1.84. The van der Waals surface area contributed by atoms with E-state index >= 15 is 0 Å². The number of hydrogen-bond donors (Lipinski definition) is 1. The zero-order chi connectivity index (χ0) is 13.0. The Labute approximate surface area is 108 Å². The van der Waals surface area contributed by atoms with Crippen molar-refractivity contribution in [3.63, 3.8) is 0 Å². The molecule has 0 aromatic carbocycles. The molecular weight excluding hydrogens is 228 g/mol. The molecule has 1 unspecified atom stereocenters. The van der Waals surface area contributed by atoms with Crippen LogP contribution in [0.5, 0.6) is 0 Å². The van der Waals surface area contributed by atoms with Gasteiger partial charge in [0.2, 0.25) is 5.91 Å². The zero-order valence-electron chi connectivity index (χ0n) is 11.2. The lowest BCUT2D eigenvalue weighted by molar-refractivity contribution is -0.133. The summed E-state index contributed by atoms with van der Waals surface area (Å²) in [5.41, 5.74) is 1.09. The highest BCUT2D eigenvalue weighted by Gasteiger charge is 2.21. The molecule has 0 spiro atoms. The summed E-state index contributed by atoms with van der Waals surface area (Å²) < 4.78 is 1.82. The molecule has 2 rings (SSSR count). The van der Waals surface area contributed by atoms with Crippen LogP contribution in [0.4, 0.5) is 0 Å². The first-order chi connectivity index (χ1) is 8.68. The van der Waals surface area contributed by atoms with Crippen molar-refractivity contribution in [3.8, 4) is 0 Å². The van der Waals surface area contributed by atoms with Crippen molar-refractivity contribution in [2.24, 2.45) is 7.05 Å². The molecule has 1 N–H and O–H groups in total. The van der Waals surface area contributed by atoms with Crippen LogP contribution in [0, 0.1) is 0 Å². The normalized spacial score (nSPS) is 17.8. The largest absolute Gasteiger partial charge is 0.341 e. The van der Waals surface area contributed by atoms with Crippen LogP contribution in [-0.2, 0) is 18.4 Å². The lowest BCUT2D eigenvalue weighted by atomic mass is 10.1. The predicted molar refractivity (Wildman–Crippen MR) is 69.9 cm³/mol. The van der Waals surface area contributed by atoms with Crippen molar-refractivity contribution in [1.29, 1.82) is 0 Å². The van der Waals surface area contributed by atoms with Crippen molar-refractivity contribution in [2.45, 2.75) is 38.8 Å². The highest BCUT2D eigenvalue weighted by atomic mass is 16.2. The Bertz CT molecular complexity index is 395. The number of aryl methyl sites for hydroxylation is 1. The second-order valence-electron chi connectivity index (χ2n) is 4.93. The first-order valence-corrected chi connectivity index (χ1v) is 6.67. The lowest BCUT2D eigenvalue weighted by Gasteiger charge is -2.29. The monoisotopic (exact) mass is 250 g/mol. The molecule has 0 bridgehead atoms. The summed E-state index contributed by atoms with van der Waals surface area (Å²) in [6.45, 7) is 4.44. The minimum absolute atomic E-state index is 0.127. The number of aromatic nitrogens is 2. The molecule has 0 aliphatic carbocycles.